The Hall–Kier alpha value is -1.35. The quantitative estimate of drug-likeness (QED) is 0.776. The van der Waals surface area contributed by atoms with Crippen LogP contribution in [0.4, 0.5) is 0 Å². The third-order valence-corrected chi connectivity index (χ3v) is 2.64. The lowest BCUT2D eigenvalue weighted by molar-refractivity contribution is 0.0600. The Morgan fingerprint density at radius 2 is 2.00 bits per heavy atom. The molecule has 0 bridgehead atoms. The van der Waals surface area contributed by atoms with Gasteiger partial charge in [0.25, 0.3) is 0 Å². The Kier molecular flexibility index (Phi) is 4.99. The van der Waals surface area contributed by atoms with Crippen molar-refractivity contribution >= 4 is 5.97 Å². The summed E-state index contributed by atoms with van der Waals surface area (Å²) in [5.41, 5.74) is 1.77. The van der Waals surface area contributed by atoms with E-state index in [0.717, 1.165) is 13.0 Å². The second-order valence-electron chi connectivity index (χ2n) is 3.88. The molecule has 1 aromatic carbocycles. The minimum Gasteiger partial charge on any atom is -0.465 e. The van der Waals surface area contributed by atoms with Gasteiger partial charge in [0, 0.05) is 12.6 Å². The van der Waals surface area contributed by atoms with Crippen molar-refractivity contribution < 1.29 is 9.53 Å². The molecular formula is C13H19NO2. The summed E-state index contributed by atoms with van der Waals surface area (Å²) in [7, 11) is 1.39. The van der Waals surface area contributed by atoms with Gasteiger partial charge in [0.1, 0.15) is 0 Å². The van der Waals surface area contributed by atoms with Crippen molar-refractivity contribution in [3.05, 3.63) is 35.4 Å². The Morgan fingerprint density at radius 1 is 1.38 bits per heavy atom. The number of hydrogen-bond donors (Lipinski definition) is 1. The molecule has 0 aliphatic carbocycles. The van der Waals surface area contributed by atoms with Gasteiger partial charge in [-0.05, 0) is 31.0 Å². The third kappa shape index (κ3) is 3.66. The zero-order valence-electron chi connectivity index (χ0n) is 10.1. The molecule has 3 nitrogen and oxygen atoms in total. The van der Waals surface area contributed by atoms with Crippen molar-refractivity contribution in [2.75, 3.05) is 7.11 Å². The highest BCUT2D eigenvalue weighted by Crippen LogP contribution is 2.06. The third-order valence-electron chi connectivity index (χ3n) is 2.64. The van der Waals surface area contributed by atoms with Gasteiger partial charge >= 0.3 is 5.97 Å². The molecule has 1 atom stereocenters. The first-order valence-corrected chi connectivity index (χ1v) is 5.58. The maximum atomic E-state index is 11.2. The Bertz CT molecular complexity index is 332. The molecule has 0 saturated carbocycles. The first-order chi connectivity index (χ1) is 7.67. The molecule has 0 radical (unpaired) electrons. The molecule has 3 heteroatoms. The molecule has 1 unspecified atom stereocenters. The van der Waals surface area contributed by atoms with Crippen LogP contribution >= 0.6 is 0 Å². The summed E-state index contributed by atoms with van der Waals surface area (Å²) in [4.78, 5) is 11.2. The molecule has 1 rings (SSSR count). The highest BCUT2D eigenvalue weighted by atomic mass is 16.5. The average Bonchev–Trinajstić information content (AvgIpc) is 2.35. The zero-order valence-corrected chi connectivity index (χ0v) is 10.1. The lowest BCUT2D eigenvalue weighted by Gasteiger charge is -2.11. The molecule has 0 spiro atoms. The van der Waals surface area contributed by atoms with Crippen LogP contribution in [0.1, 0.15) is 36.2 Å². The van der Waals surface area contributed by atoms with Crippen LogP contribution in [0.5, 0.6) is 0 Å². The maximum Gasteiger partial charge on any atom is 0.337 e. The van der Waals surface area contributed by atoms with Crippen molar-refractivity contribution in [2.24, 2.45) is 0 Å². The van der Waals surface area contributed by atoms with E-state index >= 15 is 0 Å². The normalized spacial score (nSPS) is 12.2. The second kappa shape index (κ2) is 6.28. The second-order valence-corrected chi connectivity index (χ2v) is 3.88. The van der Waals surface area contributed by atoms with Crippen molar-refractivity contribution in [3.63, 3.8) is 0 Å². The van der Waals surface area contributed by atoms with E-state index in [1.54, 1.807) is 12.1 Å². The van der Waals surface area contributed by atoms with Gasteiger partial charge in [0.2, 0.25) is 0 Å². The number of benzene rings is 1. The minimum atomic E-state index is -0.290. The van der Waals surface area contributed by atoms with Crippen molar-refractivity contribution in [1.29, 1.82) is 0 Å². The predicted molar refractivity (Wildman–Crippen MR) is 64.4 cm³/mol. The zero-order chi connectivity index (χ0) is 12.0. The van der Waals surface area contributed by atoms with E-state index in [9.17, 15) is 4.79 Å². The molecule has 0 heterocycles. The molecule has 88 valence electrons. The molecular weight excluding hydrogens is 202 g/mol. The predicted octanol–water partition coefficient (Wildman–Crippen LogP) is 2.36. The van der Waals surface area contributed by atoms with Crippen LogP contribution in [0.2, 0.25) is 0 Å². The molecule has 0 saturated heterocycles. The van der Waals surface area contributed by atoms with Crippen molar-refractivity contribution in [1.82, 2.24) is 5.32 Å². The number of methoxy groups -OCH3 is 1. The van der Waals surface area contributed by atoms with Crippen LogP contribution in [-0.4, -0.2) is 19.1 Å². The largest absolute Gasteiger partial charge is 0.465 e. The van der Waals surface area contributed by atoms with Gasteiger partial charge in [-0.2, -0.15) is 0 Å². The standard InChI is InChI=1S/C13H19NO2/c1-4-10(2)14-9-11-5-7-12(8-6-11)13(15)16-3/h5-8,10,14H,4,9H2,1-3H3. The summed E-state index contributed by atoms with van der Waals surface area (Å²) >= 11 is 0. The van der Waals surface area contributed by atoms with Crippen molar-refractivity contribution in [2.45, 2.75) is 32.9 Å². The van der Waals surface area contributed by atoms with Crippen molar-refractivity contribution in [3.8, 4) is 0 Å². The first kappa shape index (κ1) is 12.7. The molecule has 0 amide bonds. The van der Waals surface area contributed by atoms with Gasteiger partial charge in [0.05, 0.1) is 12.7 Å². The van der Waals surface area contributed by atoms with Gasteiger partial charge in [-0.3, -0.25) is 0 Å². The van der Waals surface area contributed by atoms with Crippen LogP contribution in [0, 0.1) is 0 Å². The number of ether oxygens (including phenoxy) is 1. The van der Waals surface area contributed by atoms with Crippen LogP contribution < -0.4 is 5.32 Å². The minimum absolute atomic E-state index is 0.290. The average molecular weight is 221 g/mol. The molecule has 16 heavy (non-hydrogen) atoms. The number of rotatable bonds is 5. The molecule has 0 aromatic heterocycles. The van der Waals surface area contributed by atoms with E-state index in [-0.39, 0.29) is 5.97 Å². The van der Waals surface area contributed by atoms with Crippen LogP contribution in [0.15, 0.2) is 24.3 Å². The molecule has 0 fully saturated rings. The number of esters is 1. The number of hydrogen-bond acceptors (Lipinski definition) is 3. The lowest BCUT2D eigenvalue weighted by atomic mass is 10.1. The van der Waals surface area contributed by atoms with E-state index in [1.807, 2.05) is 12.1 Å². The van der Waals surface area contributed by atoms with E-state index < -0.39 is 0 Å². The number of carbonyl (C=O) groups excluding carboxylic acids is 1. The molecule has 0 aliphatic rings. The smallest absolute Gasteiger partial charge is 0.337 e. The monoisotopic (exact) mass is 221 g/mol. The molecule has 1 aromatic rings. The summed E-state index contributed by atoms with van der Waals surface area (Å²) in [5.74, 6) is -0.290. The van der Waals surface area contributed by atoms with Gasteiger partial charge in [0.15, 0.2) is 0 Å². The maximum absolute atomic E-state index is 11.2. The van der Waals surface area contributed by atoms with Gasteiger partial charge in [-0.15, -0.1) is 0 Å². The fourth-order valence-electron chi connectivity index (χ4n) is 1.31. The van der Waals surface area contributed by atoms with Crippen LogP contribution in [0.25, 0.3) is 0 Å². The van der Waals surface area contributed by atoms with E-state index in [4.69, 9.17) is 0 Å². The van der Waals surface area contributed by atoms with E-state index in [1.165, 1.54) is 12.7 Å². The fourth-order valence-corrected chi connectivity index (χ4v) is 1.31. The molecule has 0 aliphatic heterocycles. The summed E-state index contributed by atoms with van der Waals surface area (Å²) in [6.45, 7) is 5.14. The Morgan fingerprint density at radius 3 is 2.50 bits per heavy atom. The Labute approximate surface area is 96.8 Å². The van der Waals surface area contributed by atoms with Crippen LogP contribution in [-0.2, 0) is 11.3 Å². The SMILES string of the molecule is CCC(C)NCc1ccc(C(=O)OC)cc1. The topological polar surface area (TPSA) is 38.3 Å². The highest BCUT2D eigenvalue weighted by molar-refractivity contribution is 5.89. The van der Waals surface area contributed by atoms with Gasteiger partial charge in [-0.1, -0.05) is 19.1 Å². The summed E-state index contributed by atoms with van der Waals surface area (Å²) < 4.78 is 4.64. The lowest BCUT2D eigenvalue weighted by Crippen LogP contribution is -2.24. The summed E-state index contributed by atoms with van der Waals surface area (Å²) in [6, 6.07) is 7.99. The van der Waals surface area contributed by atoms with E-state index in [2.05, 4.69) is 23.9 Å². The van der Waals surface area contributed by atoms with Gasteiger partial charge < -0.3 is 10.1 Å². The van der Waals surface area contributed by atoms with Gasteiger partial charge in [-0.25, -0.2) is 4.79 Å². The van der Waals surface area contributed by atoms with E-state index in [0.29, 0.717) is 11.6 Å². The highest BCUT2D eigenvalue weighted by Gasteiger charge is 2.04. The Balaban J connectivity index is 2.54. The summed E-state index contributed by atoms with van der Waals surface area (Å²) in [5, 5.41) is 3.40. The molecule has 1 N–H and O–H groups in total. The number of nitrogens with one attached hydrogen (secondary N) is 1. The fraction of sp³-hybridized carbons (Fsp3) is 0.462. The summed E-state index contributed by atoms with van der Waals surface area (Å²) in [6.07, 6.45) is 1.11. The number of carbonyl (C=O) groups is 1. The first-order valence-electron chi connectivity index (χ1n) is 5.58. The van der Waals surface area contributed by atoms with Crippen LogP contribution in [0.3, 0.4) is 0 Å².